The van der Waals surface area contributed by atoms with Crippen LogP contribution in [0.3, 0.4) is 0 Å². The highest BCUT2D eigenvalue weighted by molar-refractivity contribution is 9.10. The Bertz CT molecular complexity index is 312. The van der Waals surface area contributed by atoms with E-state index >= 15 is 0 Å². The van der Waals surface area contributed by atoms with Crippen molar-refractivity contribution in [2.75, 3.05) is 13.7 Å². The molecule has 0 unspecified atom stereocenters. The van der Waals surface area contributed by atoms with Crippen LogP contribution in [-0.2, 0) is 6.54 Å². The highest BCUT2D eigenvalue weighted by Gasteiger charge is 2.06. The summed E-state index contributed by atoms with van der Waals surface area (Å²) >= 11 is 3.48. The predicted octanol–water partition coefficient (Wildman–Crippen LogP) is 2.88. The summed E-state index contributed by atoms with van der Waals surface area (Å²) in [4.78, 5) is 0. The number of hydrogen-bond donors (Lipinski definition) is 1. The second-order valence-corrected chi connectivity index (χ2v) is 4.11. The lowest BCUT2D eigenvalue weighted by atomic mass is 10.1. The Labute approximate surface area is 93.8 Å². The van der Waals surface area contributed by atoms with Crippen molar-refractivity contribution in [3.8, 4) is 5.75 Å². The fourth-order valence-electron chi connectivity index (χ4n) is 1.48. The molecular formula is C11H16BrNO. The molecule has 0 radical (unpaired) electrons. The van der Waals surface area contributed by atoms with Crippen LogP contribution in [0.5, 0.6) is 5.75 Å². The molecule has 78 valence electrons. The van der Waals surface area contributed by atoms with E-state index in [-0.39, 0.29) is 0 Å². The van der Waals surface area contributed by atoms with E-state index in [1.54, 1.807) is 7.11 Å². The van der Waals surface area contributed by atoms with Crippen molar-refractivity contribution < 1.29 is 4.74 Å². The van der Waals surface area contributed by atoms with Crippen molar-refractivity contribution >= 4 is 15.9 Å². The van der Waals surface area contributed by atoms with Gasteiger partial charge < -0.3 is 10.1 Å². The summed E-state index contributed by atoms with van der Waals surface area (Å²) in [5, 5.41) is 3.29. The van der Waals surface area contributed by atoms with Crippen molar-refractivity contribution in [3.05, 3.63) is 27.7 Å². The largest absolute Gasteiger partial charge is 0.496 e. The highest BCUT2D eigenvalue weighted by atomic mass is 79.9. The third kappa shape index (κ3) is 2.72. The monoisotopic (exact) mass is 257 g/mol. The maximum atomic E-state index is 5.37. The van der Waals surface area contributed by atoms with Gasteiger partial charge in [-0.3, -0.25) is 0 Å². The highest BCUT2D eigenvalue weighted by Crippen LogP contribution is 2.27. The molecule has 1 rings (SSSR count). The lowest BCUT2D eigenvalue weighted by Crippen LogP contribution is -2.12. The van der Waals surface area contributed by atoms with Crippen molar-refractivity contribution in [2.24, 2.45) is 0 Å². The van der Waals surface area contributed by atoms with Gasteiger partial charge in [0.25, 0.3) is 0 Å². The average molecular weight is 258 g/mol. The quantitative estimate of drug-likeness (QED) is 0.896. The third-order valence-corrected chi connectivity index (χ3v) is 2.54. The van der Waals surface area contributed by atoms with Crippen LogP contribution in [0.1, 0.15) is 18.1 Å². The number of hydrogen-bond acceptors (Lipinski definition) is 2. The normalized spacial score (nSPS) is 10.3. The minimum Gasteiger partial charge on any atom is -0.496 e. The molecule has 0 heterocycles. The Morgan fingerprint density at radius 2 is 2.14 bits per heavy atom. The molecule has 2 nitrogen and oxygen atoms in total. The lowest BCUT2D eigenvalue weighted by Gasteiger charge is -2.12. The van der Waals surface area contributed by atoms with Crippen molar-refractivity contribution in [3.63, 3.8) is 0 Å². The topological polar surface area (TPSA) is 21.3 Å². The van der Waals surface area contributed by atoms with Crippen LogP contribution >= 0.6 is 15.9 Å². The number of rotatable bonds is 4. The number of ether oxygens (including phenoxy) is 1. The van der Waals surface area contributed by atoms with E-state index in [9.17, 15) is 0 Å². The molecule has 0 aliphatic carbocycles. The molecule has 14 heavy (non-hydrogen) atoms. The zero-order chi connectivity index (χ0) is 10.6. The fraction of sp³-hybridized carbons (Fsp3) is 0.455. The van der Waals surface area contributed by atoms with E-state index in [4.69, 9.17) is 4.74 Å². The molecule has 0 bridgehead atoms. The zero-order valence-electron chi connectivity index (χ0n) is 8.86. The molecule has 1 N–H and O–H groups in total. The van der Waals surface area contributed by atoms with E-state index in [1.807, 2.05) is 0 Å². The Balaban J connectivity index is 2.99. The number of nitrogens with one attached hydrogen (secondary N) is 1. The molecule has 0 aromatic heterocycles. The number of methoxy groups -OCH3 is 1. The zero-order valence-corrected chi connectivity index (χ0v) is 10.4. The summed E-state index contributed by atoms with van der Waals surface area (Å²) in [6.45, 7) is 5.96. The molecule has 0 aliphatic rings. The second-order valence-electron chi connectivity index (χ2n) is 3.20. The molecular weight excluding hydrogens is 242 g/mol. The van der Waals surface area contributed by atoms with Crippen LogP contribution in [0.15, 0.2) is 16.6 Å². The van der Waals surface area contributed by atoms with Gasteiger partial charge in [-0.25, -0.2) is 0 Å². The van der Waals surface area contributed by atoms with E-state index < -0.39 is 0 Å². The average Bonchev–Trinajstić information content (AvgIpc) is 2.14. The van der Waals surface area contributed by atoms with E-state index in [2.05, 4.69) is 47.2 Å². The summed E-state index contributed by atoms with van der Waals surface area (Å²) in [6, 6.07) is 4.16. The predicted molar refractivity (Wildman–Crippen MR) is 62.8 cm³/mol. The maximum absolute atomic E-state index is 5.37. The minimum absolute atomic E-state index is 0.847. The summed E-state index contributed by atoms with van der Waals surface area (Å²) in [6.07, 6.45) is 0. The smallest absolute Gasteiger partial charge is 0.126 e. The van der Waals surface area contributed by atoms with Crippen LogP contribution in [0.2, 0.25) is 0 Å². The van der Waals surface area contributed by atoms with Crippen LogP contribution < -0.4 is 10.1 Å². The fourth-order valence-corrected chi connectivity index (χ4v) is 2.10. The van der Waals surface area contributed by atoms with E-state index in [0.717, 1.165) is 28.9 Å². The first-order valence-corrected chi connectivity index (χ1v) is 5.52. The maximum Gasteiger partial charge on any atom is 0.126 e. The molecule has 1 aromatic carbocycles. The van der Waals surface area contributed by atoms with Crippen LogP contribution in [0.25, 0.3) is 0 Å². The van der Waals surface area contributed by atoms with Gasteiger partial charge in [-0.1, -0.05) is 22.9 Å². The first-order chi connectivity index (χ1) is 6.69. The molecule has 0 saturated carbocycles. The molecule has 0 saturated heterocycles. The Kier molecular flexibility index (Phi) is 4.42. The van der Waals surface area contributed by atoms with Crippen molar-refractivity contribution in [1.82, 2.24) is 5.32 Å². The third-order valence-electron chi connectivity index (χ3n) is 2.09. The number of benzene rings is 1. The molecule has 0 spiro atoms. The van der Waals surface area contributed by atoms with Crippen molar-refractivity contribution in [1.29, 1.82) is 0 Å². The van der Waals surface area contributed by atoms with Crippen LogP contribution in [0, 0.1) is 6.92 Å². The Morgan fingerprint density at radius 1 is 1.43 bits per heavy atom. The Morgan fingerprint density at radius 3 is 2.71 bits per heavy atom. The molecule has 0 aliphatic heterocycles. The van der Waals surface area contributed by atoms with Gasteiger partial charge in [-0.15, -0.1) is 0 Å². The first-order valence-electron chi connectivity index (χ1n) is 4.72. The molecule has 1 aromatic rings. The van der Waals surface area contributed by atoms with Gasteiger partial charge >= 0.3 is 0 Å². The molecule has 0 atom stereocenters. The van der Waals surface area contributed by atoms with Gasteiger partial charge in [-0.2, -0.15) is 0 Å². The van der Waals surface area contributed by atoms with Gasteiger partial charge in [0.2, 0.25) is 0 Å². The minimum atomic E-state index is 0.847. The van der Waals surface area contributed by atoms with Crippen LogP contribution in [0.4, 0.5) is 0 Å². The van der Waals surface area contributed by atoms with E-state index in [1.165, 1.54) is 5.56 Å². The van der Waals surface area contributed by atoms with Crippen LogP contribution in [-0.4, -0.2) is 13.7 Å². The summed E-state index contributed by atoms with van der Waals surface area (Å²) < 4.78 is 6.47. The summed E-state index contributed by atoms with van der Waals surface area (Å²) in [5.41, 5.74) is 2.36. The van der Waals surface area contributed by atoms with Gasteiger partial charge in [-0.05, 0) is 31.2 Å². The lowest BCUT2D eigenvalue weighted by molar-refractivity contribution is 0.404. The number of halogens is 1. The number of aryl methyl sites for hydroxylation is 1. The van der Waals surface area contributed by atoms with E-state index in [0.29, 0.717) is 0 Å². The van der Waals surface area contributed by atoms with Gasteiger partial charge in [0.15, 0.2) is 0 Å². The van der Waals surface area contributed by atoms with Crippen molar-refractivity contribution in [2.45, 2.75) is 20.4 Å². The summed E-state index contributed by atoms with van der Waals surface area (Å²) in [5.74, 6) is 0.981. The first kappa shape index (κ1) is 11.5. The second kappa shape index (κ2) is 5.37. The SMILES string of the molecule is CCNCc1cc(Br)cc(C)c1OC. The molecule has 0 amide bonds. The standard InChI is InChI=1S/C11H16BrNO/c1-4-13-7-9-6-10(12)5-8(2)11(9)14-3/h5-6,13H,4,7H2,1-3H3. The van der Waals surface area contributed by atoms with Gasteiger partial charge in [0.05, 0.1) is 7.11 Å². The van der Waals surface area contributed by atoms with Gasteiger partial charge in [0, 0.05) is 16.6 Å². The Hall–Kier alpha value is -0.540. The summed E-state index contributed by atoms with van der Waals surface area (Å²) in [7, 11) is 1.71. The molecule has 0 fully saturated rings. The molecule has 3 heteroatoms. The van der Waals surface area contributed by atoms with Gasteiger partial charge in [0.1, 0.15) is 5.75 Å².